The lowest BCUT2D eigenvalue weighted by molar-refractivity contribution is 0.176. The first-order valence-electron chi connectivity index (χ1n) is 6.79. The van der Waals surface area contributed by atoms with Crippen molar-refractivity contribution in [2.24, 2.45) is 5.41 Å². The van der Waals surface area contributed by atoms with Crippen LogP contribution in [0.25, 0.3) is 0 Å². The third-order valence-electron chi connectivity index (χ3n) is 3.77. The second-order valence-corrected chi connectivity index (χ2v) is 6.88. The highest BCUT2D eigenvalue weighted by molar-refractivity contribution is 7.99. The number of nitrogens with zero attached hydrogens (tertiary/aromatic N) is 2. The van der Waals surface area contributed by atoms with E-state index in [0.717, 1.165) is 11.6 Å². The zero-order chi connectivity index (χ0) is 13.0. The molecule has 1 aliphatic carbocycles. The van der Waals surface area contributed by atoms with E-state index in [1.807, 2.05) is 24.0 Å². The molecule has 0 amide bonds. The molecular formula is C14H23N3S. The second kappa shape index (κ2) is 6.02. The van der Waals surface area contributed by atoms with Gasteiger partial charge in [-0.15, -0.1) is 11.8 Å². The van der Waals surface area contributed by atoms with Gasteiger partial charge in [-0.05, 0) is 30.9 Å². The molecule has 0 radical (unpaired) electrons. The maximum Gasteiger partial charge on any atom is 0.116 e. The SMILES string of the molecule is CCNC1C(Sc2ccncn2)CCCC1(C)C. The number of rotatable bonds is 4. The van der Waals surface area contributed by atoms with E-state index in [2.05, 4.69) is 36.1 Å². The van der Waals surface area contributed by atoms with Crippen LogP contribution in [-0.4, -0.2) is 27.8 Å². The minimum Gasteiger partial charge on any atom is -0.313 e. The molecule has 0 aromatic carbocycles. The molecule has 4 heteroatoms. The Morgan fingerprint density at radius 1 is 1.50 bits per heavy atom. The van der Waals surface area contributed by atoms with Gasteiger partial charge in [-0.1, -0.05) is 27.2 Å². The lowest BCUT2D eigenvalue weighted by Crippen LogP contribution is -2.51. The van der Waals surface area contributed by atoms with Crippen molar-refractivity contribution < 1.29 is 0 Å². The molecule has 1 fully saturated rings. The fourth-order valence-corrected chi connectivity index (χ4v) is 4.29. The summed E-state index contributed by atoms with van der Waals surface area (Å²) in [6.45, 7) is 7.99. The van der Waals surface area contributed by atoms with Crippen molar-refractivity contribution in [1.82, 2.24) is 15.3 Å². The summed E-state index contributed by atoms with van der Waals surface area (Å²) in [6.07, 6.45) is 7.36. The minimum atomic E-state index is 0.374. The van der Waals surface area contributed by atoms with Gasteiger partial charge in [-0.25, -0.2) is 9.97 Å². The number of hydrogen-bond acceptors (Lipinski definition) is 4. The first-order valence-corrected chi connectivity index (χ1v) is 7.67. The highest BCUT2D eigenvalue weighted by Crippen LogP contribution is 2.42. The molecule has 2 rings (SSSR count). The summed E-state index contributed by atoms with van der Waals surface area (Å²) >= 11 is 1.90. The molecule has 0 saturated heterocycles. The summed E-state index contributed by atoms with van der Waals surface area (Å²) in [4.78, 5) is 8.32. The first kappa shape index (κ1) is 13.8. The van der Waals surface area contributed by atoms with Crippen LogP contribution in [0.2, 0.25) is 0 Å². The summed E-state index contributed by atoms with van der Waals surface area (Å²) in [5, 5.41) is 5.39. The summed E-state index contributed by atoms with van der Waals surface area (Å²) in [5.74, 6) is 0. The number of nitrogens with one attached hydrogen (secondary N) is 1. The van der Waals surface area contributed by atoms with Crippen molar-refractivity contribution in [1.29, 1.82) is 0 Å². The van der Waals surface area contributed by atoms with E-state index >= 15 is 0 Å². The molecular weight excluding hydrogens is 242 g/mol. The monoisotopic (exact) mass is 265 g/mol. The Morgan fingerprint density at radius 2 is 2.33 bits per heavy atom. The van der Waals surface area contributed by atoms with Gasteiger partial charge in [0, 0.05) is 17.5 Å². The Bertz CT molecular complexity index is 367. The molecule has 0 bridgehead atoms. The van der Waals surface area contributed by atoms with Crippen LogP contribution < -0.4 is 5.32 Å². The van der Waals surface area contributed by atoms with Gasteiger partial charge in [-0.2, -0.15) is 0 Å². The Morgan fingerprint density at radius 3 is 3.00 bits per heavy atom. The predicted molar refractivity (Wildman–Crippen MR) is 76.8 cm³/mol. The molecule has 1 aromatic rings. The van der Waals surface area contributed by atoms with Crippen molar-refractivity contribution in [2.45, 2.75) is 56.4 Å². The van der Waals surface area contributed by atoms with E-state index in [-0.39, 0.29) is 0 Å². The lowest BCUT2D eigenvalue weighted by Gasteiger charge is -2.44. The molecule has 2 unspecified atom stereocenters. The van der Waals surface area contributed by atoms with Gasteiger partial charge in [-0.3, -0.25) is 0 Å². The Kier molecular flexibility index (Phi) is 4.62. The van der Waals surface area contributed by atoms with Crippen LogP contribution in [0.4, 0.5) is 0 Å². The summed E-state index contributed by atoms with van der Waals surface area (Å²) in [7, 11) is 0. The van der Waals surface area contributed by atoms with Gasteiger partial charge in [0.25, 0.3) is 0 Å². The van der Waals surface area contributed by atoms with Crippen LogP contribution in [0.1, 0.15) is 40.0 Å². The smallest absolute Gasteiger partial charge is 0.116 e. The Labute approximate surface area is 114 Å². The van der Waals surface area contributed by atoms with Crippen LogP contribution in [0, 0.1) is 5.41 Å². The average molecular weight is 265 g/mol. The fraction of sp³-hybridized carbons (Fsp3) is 0.714. The summed E-state index contributed by atoms with van der Waals surface area (Å²) in [5.41, 5.74) is 0.374. The number of thioether (sulfide) groups is 1. The van der Waals surface area contributed by atoms with Gasteiger partial charge >= 0.3 is 0 Å². The van der Waals surface area contributed by atoms with E-state index in [1.54, 1.807) is 6.33 Å². The molecule has 1 aromatic heterocycles. The molecule has 1 aliphatic rings. The van der Waals surface area contributed by atoms with Crippen molar-refractivity contribution in [2.75, 3.05) is 6.54 Å². The van der Waals surface area contributed by atoms with Gasteiger partial charge in [0.05, 0.1) is 5.03 Å². The molecule has 2 atom stereocenters. The zero-order valence-electron chi connectivity index (χ0n) is 11.5. The van der Waals surface area contributed by atoms with Crippen molar-refractivity contribution >= 4 is 11.8 Å². The Balaban J connectivity index is 2.09. The lowest BCUT2D eigenvalue weighted by atomic mass is 9.73. The van der Waals surface area contributed by atoms with Gasteiger partial charge < -0.3 is 5.32 Å². The molecule has 3 nitrogen and oxygen atoms in total. The highest BCUT2D eigenvalue weighted by atomic mass is 32.2. The predicted octanol–water partition coefficient (Wildman–Crippen LogP) is 3.13. The molecule has 1 heterocycles. The molecule has 100 valence electrons. The summed E-state index contributed by atoms with van der Waals surface area (Å²) in [6, 6.07) is 2.58. The topological polar surface area (TPSA) is 37.8 Å². The van der Waals surface area contributed by atoms with Crippen molar-refractivity contribution in [3.05, 3.63) is 18.6 Å². The molecule has 0 spiro atoms. The maximum atomic E-state index is 4.34. The van der Waals surface area contributed by atoms with Crippen molar-refractivity contribution in [3.63, 3.8) is 0 Å². The molecule has 1 saturated carbocycles. The molecule has 0 aliphatic heterocycles. The van der Waals surface area contributed by atoms with Crippen LogP contribution in [0.5, 0.6) is 0 Å². The van der Waals surface area contributed by atoms with Crippen LogP contribution in [-0.2, 0) is 0 Å². The zero-order valence-corrected chi connectivity index (χ0v) is 12.3. The van der Waals surface area contributed by atoms with Gasteiger partial charge in [0.2, 0.25) is 0 Å². The van der Waals surface area contributed by atoms with E-state index in [4.69, 9.17) is 0 Å². The molecule has 1 N–H and O–H groups in total. The second-order valence-electron chi connectivity index (χ2n) is 5.62. The van der Waals surface area contributed by atoms with E-state index in [0.29, 0.717) is 16.7 Å². The van der Waals surface area contributed by atoms with E-state index in [9.17, 15) is 0 Å². The van der Waals surface area contributed by atoms with E-state index in [1.165, 1.54) is 19.3 Å². The fourth-order valence-electron chi connectivity index (χ4n) is 2.84. The quantitative estimate of drug-likeness (QED) is 0.849. The number of aromatic nitrogens is 2. The molecule has 18 heavy (non-hydrogen) atoms. The highest BCUT2D eigenvalue weighted by Gasteiger charge is 2.38. The Hall–Kier alpha value is -0.610. The third-order valence-corrected chi connectivity index (χ3v) is 5.07. The van der Waals surface area contributed by atoms with Crippen LogP contribution in [0.3, 0.4) is 0 Å². The number of hydrogen-bond donors (Lipinski definition) is 1. The average Bonchev–Trinajstić information content (AvgIpc) is 2.35. The normalized spacial score (nSPS) is 27.1. The maximum absolute atomic E-state index is 4.34. The van der Waals surface area contributed by atoms with Crippen LogP contribution >= 0.6 is 11.8 Å². The minimum absolute atomic E-state index is 0.374. The first-order chi connectivity index (χ1) is 8.63. The summed E-state index contributed by atoms with van der Waals surface area (Å²) < 4.78 is 0. The standard InChI is InChI=1S/C14H23N3S/c1-4-16-13-11(6-5-8-14(13,2)3)18-12-7-9-15-10-17-12/h7,9-11,13,16H,4-6,8H2,1-3H3. The largest absolute Gasteiger partial charge is 0.313 e. The van der Waals surface area contributed by atoms with Crippen LogP contribution in [0.15, 0.2) is 23.6 Å². The third kappa shape index (κ3) is 3.23. The van der Waals surface area contributed by atoms with Crippen molar-refractivity contribution in [3.8, 4) is 0 Å². The van der Waals surface area contributed by atoms with E-state index < -0.39 is 0 Å². The van der Waals surface area contributed by atoms with Gasteiger partial charge in [0.1, 0.15) is 6.33 Å². The van der Waals surface area contributed by atoms with Gasteiger partial charge in [0.15, 0.2) is 0 Å².